The van der Waals surface area contributed by atoms with Crippen molar-refractivity contribution in [3.8, 4) is 0 Å². The summed E-state index contributed by atoms with van der Waals surface area (Å²) in [5.41, 5.74) is 14.1. The molecule has 3 atom stereocenters. The minimum Gasteiger partial charge on any atom is -0.397 e. The monoisotopic (exact) mass is 485 g/mol. The second-order valence-electron chi connectivity index (χ2n) is 9.07. The molecule has 3 aromatic rings. The van der Waals surface area contributed by atoms with E-state index in [1.165, 1.54) is 17.4 Å². The van der Waals surface area contributed by atoms with Gasteiger partial charge in [0, 0.05) is 61.7 Å². The number of hydrogen-bond donors (Lipinski definition) is 3. The molecule has 0 bridgehead atoms. The molecule has 1 saturated heterocycles. The number of aryl methyl sites for hydroxylation is 2. The zero-order valence-electron chi connectivity index (χ0n) is 19.2. The molecule has 180 valence electrons. The number of nitrogens with zero attached hydrogens (tertiary/aromatic N) is 4. The molecule has 3 aromatic heterocycles. The van der Waals surface area contributed by atoms with Gasteiger partial charge in [-0.1, -0.05) is 0 Å². The number of amides is 1. The Balaban J connectivity index is 1.30. The van der Waals surface area contributed by atoms with Crippen LogP contribution in [-0.4, -0.2) is 59.7 Å². The maximum Gasteiger partial charge on any atom is 0.263 e. The van der Waals surface area contributed by atoms with Gasteiger partial charge in [0.1, 0.15) is 27.2 Å². The first-order valence-electron chi connectivity index (χ1n) is 11.3. The highest BCUT2D eigenvalue weighted by atomic mass is 32.1. The minimum absolute atomic E-state index is 0.0309. The van der Waals surface area contributed by atoms with Crippen LogP contribution in [0.25, 0.3) is 10.2 Å². The van der Waals surface area contributed by atoms with Gasteiger partial charge in [-0.05, 0) is 26.2 Å². The van der Waals surface area contributed by atoms with Gasteiger partial charge < -0.3 is 26.4 Å². The van der Waals surface area contributed by atoms with E-state index in [1.54, 1.807) is 20.2 Å². The van der Waals surface area contributed by atoms with E-state index in [0.29, 0.717) is 76.9 Å². The lowest BCUT2D eigenvalue weighted by atomic mass is 9.91. The number of rotatable bonds is 5. The number of hydrogen-bond acceptors (Lipinski definition) is 9. The molecule has 0 aromatic carbocycles. The number of fused-ring (bicyclic) bond motifs is 2. The number of anilines is 2. The van der Waals surface area contributed by atoms with Gasteiger partial charge in [0.25, 0.3) is 5.91 Å². The second-order valence-corrected chi connectivity index (χ2v) is 10.1. The van der Waals surface area contributed by atoms with E-state index in [2.05, 4.69) is 15.3 Å². The predicted molar refractivity (Wildman–Crippen MR) is 130 cm³/mol. The molecule has 1 amide bonds. The van der Waals surface area contributed by atoms with Crippen molar-refractivity contribution >= 4 is 39.0 Å². The van der Waals surface area contributed by atoms with Crippen LogP contribution in [0.5, 0.6) is 0 Å². The zero-order valence-corrected chi connectivity index (χ0v) is 20.0. The Morgan fingerprint density at radius 3 is 3.00 bits per heavy atom. The predicted octanol–water partition coefficient (Wildman–Crippen LogP) is 1.81. The van der Waals surface area contributed by atoms with Crippen molar-refractivity contribution in [1.82, 2.24) is 20.3 Å². The number of nitrogen functional groups attached to an aromatic ring is 1. The number of thiophene rings is 1. The van der Waals surface area contributed by atoms with Crippen molar-refractivity contribution in [2.24, 2.45) is 11.7 Å². The summed E-state index contributed by atoms with van der Waals surface area (Å²) in [5, 5.41) is 3.70. The van der Waals surface area contributed by atoms with Crippen LogP contribution in [0, 0.1) is 18.7 Å². The lowest BCUT2D eigenvalue weighted by Gasteiger charge is -2.27. The number of nitrogens with one attached hydrogen (secondary N) is 1. The standard InChI is InChI=1S/C23H28FN7O2S/c1-11-27-7-15-20(26)21(34-23(15)28-11)22(32)29-13-3-4-18-14(5-13)16(24)6-19(30-18)31-8-12(10-33-2)17(25)9-31/h6-7,12-13,17H,3-5,8-10,25-26H2,1-2H3,(H,29,32). The van der Waals surface area contributed by atoms with Crippen LogP contribution < -0.4 is 21.7 Å². The Bertz CT molecular complexity index is 1250. The third kappa shape index (κ3) is 4.19. The van der Waals surface area contributed by atoms with Gasteiger partial charge in [-0.2, -0.15) is 0 Å². The molecule has 1 aliphatic heterocycles. The third-order valence-electron chi connectivity index (χ3n) is 6.67. The van der Waals surface area contributed by atoms with Crippen molar-refractivity contribution in [3.05, 3.63) is 40.0 Å². The van der Waals surface area contributed by atoms with Gasteiger partial charge in [0.2, 0.25) is 0 Å². The molecule has 11 heteroatoms. The van der Waals surface area contributed by atoms with Crippen molar-refractivity contribution in [3.63, 3.8) is 0 Å². The van der Waals surface area contributed by atoms with E-state index in [9.17, 15) is 4.79 Å². The van der Waals surface area contributed by atoms with Crippen LogP contribution in [-0.2, 0) is 17.6 Å². The van der Waals surface area contributed by atoms with Gasteiger partial charge in [0.15, 0.2) is 0 Å². The molecule has 0 saturated carbocycles. The Morgan fingerprint density at radius 2 is 2.21 bits per heavy atom. The van der Waals surface area contributed by atoms with Crippen LogP contribution in [0.15, 0.2) is 12.3 Å². The highest BCUT2D eigenvalue weighted by Gasteiger charge is 2.33. The number of halogens is 1. The van der Waals surface area contributed by atoms with E-state index < -0.39 is 0 Å². The van der Waals surface area contributed by atoms with Crippen molar-refractivity contribution in [2.45, 2.75) is 38.3 Å². The normalized spacial score (nSPS) is 22.2. The first-order valence-corrected chi connectivity index (χ1v) is 12.2. The summed E-state index contributed by atoms with van der Waals surface area (Å²) in [6, 6.07) is 1.25. The molecule has 9 nitrogen and oxygen atoms in total. The number of nitrogens with two attached hydrogens (primary N) is 2. The average Bonchev–Trinajstić information content (AvgIpc) is 3.33. The summed E-state index contributed by atoms with van der Waals surface area (Å²) >= 11 is 1.24. The summed E-state index contributed by atoms with van der Waals surface area (Å²) in [6.07, 6.45) is 3.28. The van der Waals surface area contributed by atoms with Gasteiger partial charge in [-0.3, -0.25) is 4.79 Å². The lowest BCUT2D eigenvalue weighted by molar-refractivity contribution is 0.0938. The smallest absolute Gasteiger partial charge is 0.263 e. The topological polar surface area (TPSA) is 132 Å². The quantitative estimate of drug-likeness (QED) is 0.499. The fraction of sp³-hybridized carbons (Fsp3) is 0.478. The summed E-state index contributed by atoms with van der Waals surface area (Å²) in [4.78, 5) is 29.4. The fourth-order valence-electron chi connectivity index (χ4n) is 4.82. The molecule has 0 spiro atoms. The summed E-state index contributed by atoms with van der Waals surface area (Å²) < 4.78 is 20.4. The Labute approximate surface area is 200 Å². The Hall–Kier alpha value is -2.89. The molecule has 34 heavy (non-hydrogen) atoms. The van der Waals surface area contributed by atoms with Gasteiger partial charge in [0.05, 0.1) is 17.7 Å². The molecule has 4 heterocycles. The maximum atomic E-state index is 15.1. The number of carbonyl (C=O) groups is 1. The zero-order chi connectivity index (χ0) is 24.0. The molecule has 5 N–H and O–H groups in total. The van der Waals surface area contributed by atoms with Crippen LogP contribution in [0.2, 0.25) is 0 Å². The van der Waals surface area contributed by atoms with Crippen molar-refractivity contribution < 1.29 is 13.9 Å². The van der Waals surface area contributed by atoms with Crippen LogP contribution in [0.3, 0.4) is 0 Å². The maximum absolute atomic E-state index is 15.1. The fourth-order valence-corrected chi connectivity index (χ4v) is 5.84. The molecule has 1 aliphatic carbocycles. The number of methoxy groups -OCH3 is 1. The first kappa shape index (κ1) is 22.9. The van der Waals surface area contributed by atoms with Gasteiger partial charge in [-0.25, -0.2) is 19.3 Å². The summed E-state index contributed by atoms with van der Waals surface area (Å²) in [6.45, 7) is 3.68. The third-order valence-corrected chi connectivity index (χ3v) is 7.78. The van der Waals surface area contributed by atoms with E-state index in [1.807, 2.05) is 4.90 Å². The van der Waals surface area contributed by atoms with Crippen LogP contribution in [0.1, 0.15) is 33.2 Å². The molecule has 2 aliphatic rings. The van der Waals surface area contributed by atoms with Crippen LogP contribution in [0.4, 0.5) is 15.9 Å². The molecule has 0 radical (unpaired) electrons. The molecule has 1 fully saturated rings. The van der Waals surface area contributed by atoms with Crippen molar-refractivity contribution in [1.29, 1.82) is 0 Å². The number of ether oxygens (including phenoxy) is 1. The summed E-state index contributed by atoms with van der Waals surface area (Å²) in [7, 11) is 1.66. The SMILES string of the molecule is COCC1CN(c2cc(F)c3c(n2)CCC(NC(=O)c2sc4nc(C)ncc4c2N)C3)CC1N. The highest BCUT2D eigenvalue weighted by molar-refractivity contribution is 7.21. The van der Waals surface area contributed by atoms with Gasteiger partial charge in [-0.15, -0.1) is 11.3 Å². The molecule has 5 rings (SSSR count). The molecular weight excluding hydrogens is 457 g/mol. The minimum atomic E-state index is -0.296. The van der Waals surface area contributed by atoms with E-state index in [-0.39, 0.29) is 29.7 Å². The average molecular weight is 486 g/mol. The van der Waals surface area contributed by atoms with E-state index in [0.717, 1.165) is 5.69 Å². The van der Waals surface area contributed by atoms with Gasteiger partial charge >= 0.3 is 0 Å². The Morgan fingerprint density at radius 1 is 1.38 bits per heavy atom. The van der Waals surface area contributed by atoms with Crippen LogP contribution >= 0.6 is 11.3 Å². The molecular formula is C23H28FN7O2S. The molecule has 3 unspecified atom stereocenters. The Kier molecular flexibility index (Phi) is 6.09. The number of aromatic nitrogens is 3. The van der Waals surface area contributed by atoms with Crippen molar-refractivity contribution in [2.75, 3.05) is 37.4 Å². The first-order chi connectivity index (χ1) is 16.3. The lowest BCUT2D eigenvalue weighted by Crippen LogP contribution is -2.39. The summed E-state index contributed by atoms with van der Waals surface area (Å²) in [5.74, 6) is 0.864. The van der Waals surface area contributed by atoms with E-state index >= 15 is 4.39 Å². The van der Waals surface area contributed by atoms with E-state index in [4.69, 9.17) is 21.2 Å². The number of pyridine rings is 1. The number of carbonyl (C=O) groups excluding carboxylic acids is 1. The largest absolute Gasteiger partial charge is 0.397 e. The highest BCUT2D eigenvalue weighted by Crippen LogP contribution is 2.33. The second kappa shape index (κ2) is 9.05.